The van der Waals surface area contributed by atoms with Crippen LogP contribution >= 0.6 is 0 Å². The van der Waals surface area contributed by atoms with Crippen LogP contribution in [0.4, 0.5) is 4.79 Å². The third-order valence-corrected chi connectivity index (χ3v) is 6.52. The van der Waals surface area contributed by atoms with Gasteiger partial charge in [0.15, 0.2) is 0 Å². The molecule has 2 fully saturated rings. The number of piperidine rings is 1. The maximum atomic E-state index is 12.5. The van der Waals surface area contributed by atoms with Gasteiger partial charge in [0.1, 0.15) is 11.3 Å². The first kappa shape index (κ1) is 21.2. The number of H-pyrrole nitrogens is 1. The van der Waals surface area contributed by atoms with E-state index in [9.17, 15) is 14.4 Å². The van der Waals surface area contributed by atoms with Crippen LogP contribution in [0.3, 0.4) is 0 Å². The summed E-state index contributed by atoms with van der Waals surface area (Å²) in [5, 5.41) is 4.61. The van der Waals surface area contributed by atoms with Crippen molar-refractivity contribution in [3.63, 3.8) is 0 Å². The number of hydrazine groups is 1. The Morgan fingerprint density at radius 2 is 2.03 bits per heavy atom. The first-order valence-corrected chi connectivity index (χ1v) is 10.7. The van der Waals surface area contributed by atoms with Crippen molar-refractivity contribution in [3.8, 4) is 5.75 Å². The lowest BCUT2D eigenvalue weighted by Crippen LogP contribution is -2.51. The number of urea groups is 1. The highest BCUT2D eigenvalue weighted by Crippen LogP contribution is 2.34. The summed E-state index contributed by atoms with van der Waals surface area (Å²) in [6.45, 7) is 5.15. The van der Waals surface area contributed by atoms with Crippen molar-refractivity contribution in [2.24, 2.45) is 0 Å². The Kier molecular flexibility index (Phi) is 5.62. The van der Waals surface area contributed by atoms with Crippen molar-refractivity contribution in [1.29, 1.82) is 0 Å². The van der Waals surface area contributed by atoms with Crippen LogP contribution in [0.5, 0.6) is 5.75 Å². The Labute approximate surface area is 181 Å². The van der Waals surface area contributed by atoms with E-state index in [4.69, 9.17) is 4.74 Å². The number of methoxy groups -OCH3 is 1. The molecule has 4 amide bonds. The number of fused-ring (bicyclic) bond motifs is 1. The van der Waals surface area contributed by atoms with Crippen LogP contribution in [-0.4, -0.2) is 65.0 Å². The smallest absolute Gasteiger partial charge is 0.344 e. The highest BCUT2D eigenvalue weighted by molar-refractivity contribution is 6.07. The Morgan fingerprint density at radius 1 is 1.29 bits per heavy atom. The third-order valence-electron chi connectivity index (χ3n) is 6.52. The van der Waals surface area contributed by atoms with Gasteiger partial charge in [-0.1, -0.05) is 6.92 Å². The number of carbonyl (C=O) groups excluding carboxylic acids is 3. The van der Waals surface area contributed by atoms with Gasteiger partial charge in [-0.05, 0) is 69.0 Å². The summed E-state index contributed by atoms with van der Waals surface area (Å²) < 4.78 is 5.36. The lowest BCUT2D eigenvalue weighted by molar-refractivity contribution is -0.139. The van der Waals surface area contributed by atoms with Crippen molar-refractivity contribution in [2.75, 3.05) is 26.7 Å². The molecule has 2 saturated heterocycles. The first-order chi connectivity index (χ1) is 14.8. The molecule has 0 spiro atoms. The number of amides is 4. The number of rotatable bonds is 6. The molecule has 1 aromatic heterocycles. The zero-order valence-electron chi connectivity index (χ0n) is 18.2. The van der Waals surface area contributed by atoms with E-state index in [1.807, 2.05) is 19.1 Å². The Bertz CT molecular complexity index is 1010. The normalized spacial score (nSPS) is 22.7. The molecule has 1 aromatic carbocycles. The molecule has 0 saturated carbocycles. The number of hydrogen-bond donors (Lipinski definition) is 3. The van der Waals surface area contributed by atoms with Gasteiger partial charge in [0, 0.05) is 17.1 Å². The van der Waals surface area contributed by atoms with Gasteiger partial charge in [-0.15, -0.1) is 0 Å². The van der Waals surface area contributed by atoms with E-state index in [0.717, 1.165) is 42.2 Å². The number of likely N-dealkylation sites (tertiary alicyclic amines) is 1. The molecule has 0 aliphatic carbocycles. The first-order valence-electron chi connectivity index (χ1n) is 10.7. The molecule has 2 aliphatic rings. The van der Waals surface area contributed by atoms with Crippen LogP contribution < -0.4 is 15.5 Å². The maximum Gasteiger partial charge on any atom is 0.344 e. The van der Waals surface area contributed by atoms with Crippen LogP contribution in [0.1, 0.15) is 44.6 Å². The van der Waals surface area contributed by atoms with E-state index >= 15 is 0 Å². The second-order valence-electron chi connectivity index (χ2n) is 8.50. The van der Waals surface area contributed by atoms with Crippen molar-refractivity contribution in [2.45, 2.75) is 44.6 Å². The fourth-order valence-electron chi connectivity index (χ4n) is 4.38. The number of imide groups is 1. The van der Waals surface area contributed by atoms with Crippen LogP contribution in [0.15, 0.2) is 24.4 Å². The van der Waals surface area contributed by atoms with Crippen LogP contribution in [0, 0.1) is 0 Å². The summed E-state index contributed by atoms with van der Waals surface area (Å²) in [5.74, 6) is 0.444. The van der Waals surface area contributed by atoms with Gasteiger partial charge in [0.05, 0.1) is 13.7 Å². The summed E-state index contributed by atoms with van der Waals surface area (Å²) in [4.78, 5) is 42.3. The minimum Gasteiger partial charge on any atom is -0.497 e. The van der Waals surface area contributed by atoms with Crippen molar-refractivity contribution < 1.29 is 19.1 Å². The number of nitrogens with one attached hydrogen (secondary N) is 3. The molecule has 1 unspecified atom stereocenters. The molecule has 9 heteroatoms. The van der Waals surface area contributed by atoms with E-state index in [0.29, 0.717) is 12.3 Å². The monoisotopic (exact) mass is 427 g/mol. The average molecular weight is 428 g/mol. The van der Waals surface area contributed by atoms with E-state index < -0.39 is 17.5 Å². The van der Waals surface area contributed by atoms with E-state index in [2.05, 4.69) is 32.9 Å². The minimum absolute atomic E-state index is 0.147. The van der Waals surface area contributed by atoms with Gasteiger partial charge in [-0.25, -0.2) is 4.79 Å². The Hall–Kier alpha value is -3.07. The molecule has 4 rings (SSSR count). The summed E-state index contributed by atoms with van der Waals surface area (Å²) in [6, 6.07) is 5.44. The standard InChI is InChI=1S/C22H29N5O4/c1-4-22(2)20(29)27(21(30)24-22)25-19(28)13-26-9-7-14(8-10-26)17-12-23-18-6-5-15(31-3)11-16(17)18/h5-6,11-12,14,23H,4,7-10,13H2,1-3H3,(H,24,30)(H,25,28). The van der Waals surface area contributed by atoms with Crippen molar-refractivity contribution in [1.82, 2.24) is 25.6 Å². The topological polar surface area (TPSA) is 107 Å². The summed E-state index contributed by atoms with van der Waals surface area (Å²) in [5.41, 5.74) is 3.86. The van der Waals surface area contributed by atoms with Gasteiger partial charge in [-0.2, -0.15) is 5.01 Å². The molecular formula is C22H29N5O4. The number of carbonyl (C=O) groups is 3. The molecule has 2 aliphatic heterocycles. The number of aromatic amines is 1. The molecule has 3 heterocycles. The predicted molar refractivity (Wildman–Crippen MR) is 115 cm³/mol. The highest BCUT2D eigenvalue weighted by Gasteiger charge is 2.47. The number of nitrogens with zero attached hydrogens (tertiary/aromatic N) is 2. The summed E-state index contributed by atoms with van der Waals surface area (Å²) >= 11 is 0. The van der Waals surface area contributed by atoms with Crippen LogP contribution in [0.2, 0.25) is 0 Å². The van der Waals surface area contributed by atoms with Gasteiger partial charge in [-0.3, -0.25) is 19.9 Å². The minimum atomic E-state index is -0.968. The van der Waals surface area contributed by atoms with Crippen molar-refractivity contribution >= 4 is 28.7 Å². The molecule has 0 bridgehead atoms. The SMILES string of the molecule is CCC1(C)NC(=O)N(NC(=O)CN2CCC(c3c[nH]c4ccc(OC)cc34)CC2)C1=O. The molecule has 9 nitrogen and oxygen atoms in total. The van der Waals surface area contributed by atoms with E-state index in [1.54, 1.807) is 14.0 Å². The molecule has 3 N–H and O–H groups in total. The molecule has 0 radical (unpaired) electrons. The number of aromatic nitrogens is 1. The van der Waals surface area contributed by atoms with Crippen LogP contribution in [0.25, 0.3) is 10.9 Å². The van der Waals surface area contributed by atoms with Gasteiger partial charge in [0.2, 0.25) is 0 Å². The highest BCUT2D eigenvalue weighted by atomic mass is 16.5. The van der Waals surface area contributed by atoms with Gasteiger partial charge < -0.3 is 15.0 Å². The summed E-state index contributed by atoms with van der Waals surface area (Å²) in [7, 11) is 1.67. The molecule has 31 heavy (non-hydrogen) atoms. The fourth-order valence-corrected chi connectivity index (χ4v) is 4.38. The van der Waals surface area contributed by atoms with E-state index in [1.165, 1.54) is 10.9 Å². The Balaban J connectivity index is 1.33. The fraction of sp³-hybridized carbons (Fsp3) is 0.500. The molecule has 1 atom stereocenters. The van der Waals surface area contributed by atoms with E-state index in [-0.39, 0.29) is 12.5 Å². The van der Waals surface area contributed by atoms with Crippen molar-refractivity contribution in [3.05, 3.63) is 30.0 Å². The second-order valence-corrected chi connectivity index (χ2v) is 8.50. The number of ether oxygens (including phenoxy) is 1. The van der Waals surface area contributed by atoms with Crippen LogP contribution in [-0.2, 0) is 9.59 Å². The average Bonchev–Trinajstić information content (AvgIpc) is 3.28. The number of benzene rings is 1. The predicted octanol–water partition coefficient (Wildman–Crippen LogP) is 2.11. The molecular weight excluding hydrogens is 398 g/mol. The lowest BCUT2D eigenvalue weighted by atomic mass is 9.89. The molecule has 166 valence electrons. The van der Waals surface area contributed by atoms with Gasteiger partial charge >= 0.3 is 6.03 Å². The zero-order chi connectivity index (χ0) is 22.2. The summed E-state index contributed by atoms with van der Waals surface area (Å²) in [6.07, 6.45) is 4.37. The largest absolute Gasteiger partial charge is 0.497 e. The lowest BCUT2D eigenvalue weighted by Gasteiger charge is -2.31. The Morgan fingerprint density at radius 3 is 2.68 bits per heavy atom. The maximum absolute atomic E-state index is 12.5. The third kappa shape index (κ3) is 3.97. The quantitative estimate of drug-likeness (QED) is 0.612. The number of hydrogen-bond acceptors (Lipinski definition) is 5. The zero-order valence-corrected chi connectivity index (χ0v) is 18.2. The molecule has 2 aromatic rings. The van der Waals surface area contributed by atoms with Gasteiger partial charge in [0.25, 0.3) is 11.8 Å². The second kappa shape index (κ2) is 8.22.